The van der Waals surface area contributed by atoms with Gasteiger partial charge in [-0.15, -0.1) is 0 Å². The van der Waals surface area contributed by atoms with E-state index in [-0.39, 0.29) is 69.1 Å². The number of guanidine groups is 1. The fourth-order valence-corrected chi connectivity index (χ4v) is 9.79. The number of cyclic esters (lactones) is 1. The van der Waals surface area contributed by atoms with E-state index in [1.807, 2.05) is 20.0 Å². The van der Waals surface area contributed by atoms with Crippen LogP contribution in [-0.2, 0) is 23.8 Å². The molecule has 0 amide bonds. The van der Waals surface area contributed by atoms with E-state index in [2.05, 4.69) is 34.7 Å². The summed E-state index contributed by atoms with van der Waals surface area (Å²) in [5.41, 5.74) is 6.98. The molecule has 19 nitrogen and oxygen atoms in total. The van der Waals surface area contributed by atoms with Crippen molar-refractivity contribution in [2.75, 3.05) is 20.6 Å². The molecule has 0 spiro atoms. The topological polar surface area (TPSA) is 327 Å². The zero-order valence-corrected chi connectivity index (χ0v) is 48.7. The van der Waals surface area contributed by atoms with Crippen LogP contribution < -0.4 is 16.4 Å². The van der Waals surface area contributed by atoms with Gasteiger partial charge in [0.05, 0.1) is 54.9 Å². The highest BCUT2D eigenvalue weighted by Crippen LogP contribution is 2.36. The molecule has 0 saturated carbocycles. The molecule has 0 aromatic carbocycles. The van der Waals surface area contributed by atoms with Crippen molar-refractivity contribution >= 4 is 17.9 Å². The minimum atomic E-state index is -2.46. The highest BCUT2D eigenvalue weighted by Gasteiger charge is 2.50. The summed E-state index contributed by atoms with van der Waals surface area (Å²) in [6, 6.07) is -1.02. The molecule has 78 heavy (non-hydrogen) atoms. The van der Waals surface area contributed by atoms with E-state index in [1.165, 1.54) is 0 Å². The number of carbonyl (C=O) groups excluding carboxylic acids is 2. The number of aliphatic imine (C=N–C) groups is 1. The van der Waals surface area contributed by atoms with Crippen molar-refractivity contribution in [2.45, 2.75) is 237 Å². The molecule has 2 aliphatic heterocycles. The maximum atomic E-state index is 13.7. The van der Waals surface area contributed by atoms with Crippen LogP contribution in [-0.4, -0.2) is 175 Å². The van der Waals surface area contributed by atoms with E-state index in [9.17, 15) is 60.7 Å². The Bertz CT molecular complexity index is 1930. The number of rotatable bonds is 12. The molecule has 2 heterocycles. The highest BCUT2D eigenvalue weighted by molar-refractivity contribution is 5.88. The molecule has 19 unspecified atom stereocenters. The standard InChI is InChI=1S/C59H104N4O15/c1-35(2)53(60)57(74)76-45-29-43(64)28-44(65)30-48(67)36(3)21-18-23-40(7)54(39(6)20-16-14-12-13-15-17-27-63-58(61-10)62-11)77-56(73)41(8)24-19-22-37(4)49(68)33-50(69)42(9)47(66)26-25-38(5)52(71)34-59(75)55(72)51(70)32-46(31-45)78-59/h12-13,18-19,21-24,35,37-40,42-55,64-72,75H,14-17,20,25-34,60H2,1-11H3,(H2,61,62,63). The number of carbonyl (C=O) groups is 2. The van der Waals surface area contributed by atoms with Crippen LogP contribution >= 0.6 is 0 Å². The first-order valence-electron chi connectivity index (χ1n) is 28.6. The number of nitrogens with two attached hydrogens (primary N) is 1. The fourth-order valence-electron chi connectivity index (χ4n) is 9.79. The van der Waals surface area contributed by atoms with Gasteiger partial charge in [0.2, 0.25) is 0 Å². The lowest BCUT2D eigenvalue weighted by Gasteiger charge is -2.45. The minimum Gasteiger partial charge on any atom is -0.461 e. The van der Waals surface area contributed by atoms with Crippen molar-refractivity contribution in [3.05, 3.63) is 59.8 Å². The number of esters is 2. The van der Waals surface area contributed by atoms with Gasteiger partial charge in [-0.2, -0.15) is 0 Å². The van der Waals surface area contributed by atoms with Gasteiger partial charge >= 0.3 is 11.9 Å². The van der Waals surface area contributed by atoms with E-state index in [4.69, 9.17) is 19.9 Å². The predicted molar refractivity (Wildman–Crippen MR) is 302 cm³/mol. The summed E-state index contributed by atoms with van der Waals surface area (Å²) in [4.78, 5) is 31.0. The largest absolute Gasteiger partial charge is 0.461 e. The number of nitrogens with one attached hydrogen (secondary N) is 2. The van der Waals surface area contributed by atoms with Gasteiger partial charge in [0.15, 0.2) is 11.7 Å². The zero-order valence-electron chi connectivity index (χ0n) is 48.7. The van der Waals surface area contributed by atoms with E-state index in [0.29, 0.717) is 11.1 Å². The van der Waals surface area contributed by atoms with Crippen LogP contribution in [0.2, 0.25) is 0 Å². The Morgan fingerprint density at radius 2 is 1.44 bits per heavy atom. The molecule has 2 aliphatic rings. The lowest BCUT2D eigenvalue weighted by molar-refractivity contribution is -0.333. The van der Waals surface area contributed by atoms with Crippen molar-refractivity contribution in [1.29, 1.82) is 0 Å². The maximum Gasteiger partial charge on any atom is 0.334 e. The smallest absolute Gasteiger partial charge is 0.334 e. The number of allylic oxidation sites excluding steroid dienone is 6. The Labute approximate surface area is 465 Å². The van der Waals surface area contributed by atoms with Crippen LogP contribution in [0.15, 0.2) is 64.7 Å². The number of ether oxygens (including phenoxy) is 3. The first kappa shape index (κ1) is 70.5. The number of aliphatic hydroxyl groups is 10. The quantitative estimate of drug-likeness (QED) is 0.0429. The van der Waals surface area contributed by atoms with Gasteiger partial charge in [0.25, 0.3) is 0 Å². The number of hydrogen-bond acceptors (Lipinski definition) is 17. The number of unbranched alkanes of at least 4 members (excludes halogenated alkanes) is 2. The van der Waals surface area contributed by atoms with Crippen molar-refractivity contribution in [1.82, 2.24) is 10.6 Å². The first-order chi connectivity index (χ1) is 36.6. The zero-order chi connectivity index (χ0) is 58.9. The van der Waals surface area contributed by atoms with E-state index < -0.39 is 121 Å². The van der Waals surface area contributed by atoms with Crippen molar-refractivity contribution in [2.24, 2.45) is 46.2 Å². The maximum absolute atomic E-state index is 13.7. The summed E-state index contributed by atoms with van der Waals surface area (Å²) >= 11 is 0. The molecule has 2 rings (SSSR count). The van der Waals surface area contributed by atoms with Gasteiger partial charge in [0, 0.05) is 82.5 Å². The van der Waals surface area contributed by atoms with Crippen LogP contribution in [0.25, 0.3) is 0 Å². The predicted octanol–water partition coefficient (Wildman–Crippen LogP) is 4.14. The minimum absolute atomic E-state index is 0.0395. The second-order valence-electron chi connectivity index (χ2n) is 22.9. The number of nitrogens with zero attached hydrogens (tertiary/aromatic N) is 1. The van der Waals surface area contributed by atoms with Crippen LogP contribution in [0.3, 0.4) is 0 Å². The second kappa shape index (κ2) is 36.0. The molecule has 0 aliphatic carbocycles. The van der Waals surface area contributed by atoms with Gasteiger partial charge in [-0.3, -0.25) is 9.79 Å². The highest BCUT2D eigenvalue weighted by atomic mass is 16.7. The van der Waals surface area contributed by atoms with Gasteiger partial charge in [-0.25, -0.2) is 4.79 Å². The van der Waals surface area contributed by atoms with Gasteiger partial charge in [-0.1, -0.05) is 97.1 Å². The Balaban J connectivity index is 2.45. The van der Waals surface area contributed by atoms with E-state index >= 15 is 0 Å². The molecule has 0 aromatic rings. The van der Waals surface area contributed by atoms with E-state index in [0.717, 1.165) is 44.6 Å². The number of aliphatic hydroxyl groups excluding tert-OH is 9. The summed E-state index contributed by atoms with van der Waals surface area (Å²) in [6.45, 7) is 16.7. The SMILES string of the molecule is CN=C(NC)NCCCC=CCCCC(C)C1OC(=O)C(C)=CC=CC(C)C(O)CC(O)C(C)C(O)CCC(C)C(O)CC2(O)OC(CC(OC(=O)C(N)C(C)C)CC(O)CC(O)CC(O)C(C)=CC=CC1C)CC(O)C2O. The summed E-state index contributed by atoms with van der Waals surface area (Å²) in [6.07, 6.45) is 3.86. The fraction of sp³-hybridized carbons (Fsp3) is 0.780. The van der Waals surface area contributed by atoms with Gasteiger partial charge in [0.1, 0.15) is 24.4 Å². The third-order valence-electron chi connectivity index (χ3n) is 15.7. The van der Waals surface area contributed by atoms with Crippen LogP contribution in [0.1, 0.15) is 152 Å². The molecule has 1 fully saturated rings. The molecule has 450 valence electrons. The van der Waals surface area contributed by atoms with Crippen molar-refractivity contribution in [3.63, 3.8) is 0 Å². The summed E-state index contributed by atoms with van der Waals surface area (Å²) in [7, 11) is 3.54. The van der Waals surface area contributed by atoms with Crippen LogP contribution in [0, 0.1) is 35.5 Å². The third kappa shape index (κ3) is 25.1. The van der Waals surface area contributed by atoms with Crippen LogP contribution in [0.5, 0.6) is 0 Å². The normalized spacial score (nSPS) is 35.7. The van der Waals surface area contributed by atoms with Crippen molar-refractivity contribution in [3.8, 4) is 0 Å². The summed E-state index contributed by atoms with van der Waals surface area (Å²) in [5, 5.41) is 118. The molecule has 1 saturated heterocycles. The first-order valence-corrected chi connectivity index (χ1v) is 28.6. The van der Waals surface area contributed by atoms with E-state index in [1.54, 1.807) is 85.9 Å². The Morgan fingerprint density at radius 3 is 2.08 bits per heavy atom. The van der Waals surface area contributed by atoms with Crippen LogP contribution in [0.4, 0.5) is 0 Å². The third-order valence-corrected chi connectivity index (χ3v) is 15.7. The molecule has 0 aromatic heterocycles. The lowest BCUT2D eigenvalue weighted by Crippen LogP contribution is -2.60. The van der Waals surface area contributed by atoms with Gasteiger partial charge in [-0.05, 0) is 88.5 Å². The number of hydrogen-bond donors (Lipinski definition) is 13. The molecular formula is C59H104N4O15. The molecule has 0 radical (unpaired) electrons. The average Bonchev–Trinajstić information content (AvgIpc) is 3.40. The lowest BCUT2D eigenvalue weighted by atomic mass is 9.84. The Kier molecular flexibility index (Phi) is 32.6. The van der Waals surface area contributed by atoms with Gasteiger partial charge < -0.3 is 81.6 Å². The van der Waals surface area contributed by atoms with Crippen molar-refractivity contribution < 1.29 is 74.9 Å². The Hall–Kier alpha value is -3.57. The molecule has 2 bridgehead atoms. The molecule has 19 heteroatoms. The average molecular weight is 1110 g/mol. The molecular weight excluding hydrogens is 1000 g/mol. The molecule has 19 atom stereocenters. The summed E-state index contributed by atoms with van der Waals surface area (Å²) < 4.78 is 18.0. The Morgan fingerprint density at radius 1 is 0.808 bits per heavy atom. The summed E-state index contributed by atoms with van der Waals surface area (Å²) in [5.74, 6) is -5.29. The molecule has 14 N–H and O–H groups in total. The second-order valence-corrected chi connectivity index (χ2v) is 22.9. The monoisotopic (exact) mass is 1110 g/mol. The number of fused-ring (bicyclic) bond motifs is 2.